The highest BCUT2D eigenvalue weighted by Crippen LogP contribution is 2.23. The molecule has 3 rings (SSSR count). The Morgan fingerprint density at radius 2 is 1.67 bits per heavy atom. The zero-order valence-corrected chi connectivity index (χ0v) is 21.0. The highest BCUT2D eigenvalue weighted by Gasteiger charge is 2.30. The molecule has 0 saturated carbocycles. The Hall–Kier alpha value is -2.92. The molecule has 182 valence electrons. The lowest BCUT2D eigenvalue weighted by atomic mass is 10.1. The molecular formula is C28H44N4O. The molecule has 1 amide bonds. The molecule has 1 aliphatic rings. The monoisotopic (exact) mass is 452 g/mol. The predicted molar refractivity (Wildman–Crippen MR) is 142 cm³/mol. The second-order valence-corrected chi connectivity index (χ2v) is 7.27. The summed E-state index contributed by atoms with van der Waals surface area (Å²) >= 11 is 0. The van der Waals surface area contributed by atoms with Gasteiger partial charge in [-0.15, -0.1) is 0 Å². The molecular weight excluding hydrogens is 408 g/mol. The van der Waals surface area contributed by atoms with Crippen LogP contribution < -0.4 is 11.1 Å². The summed E-state index contributed by atoms with van der Waals surface area (Å²) in [6.07, 6.45) is 6.05. The van der Waals surface area contributed by atoms with Gasteiger partial charge in [0.2, 0.25) is 5.91 Å². The molecule has 1 heterocycles. The SMILES string of the molecule is C=C(NCc1ccc(C=N)cc1)C1CCCN1C(=O)CCCC.CC.CN.c1ccccc1. The Morgan fingerprint density at radius 1 is 1.12 bits per heavy atom. The average Bonchev–Trinajstić information content (AvgIpc) is 3.40. The van der Waals surface area contributed by atoms with E-state index >= 15 is 0 Å². The van der Waals surface area contributed by atoms with Gasteiger partial charge in [0.1, 0.15) is 0 Å². The molecule has 5 heteroatoms. The van der Waals surface area contributed by atoms with Crippen molar-refractivity contribution in [2.75, 3.05) is 13.6 Å². The zero-order valence-electron chi connectivity index (χ0n) is 21.0. The Bertz CT molecular complexity index is 733. The number of likely N-dealkylation sites (tertiary alicyclic amines) is 1. The van der Waals surface area contributed by atoms with Gasteiger partial charge in [0.25, 0.3) is 0 Å². The van der Waals surface area contributed by atoms with Crippen molar-refractivity contribution in [1.82, 2.24) is 10.2 Å². The van der Waals surface area contributed by atoms with Crippen LogP contribution in [0.15, 0.2) is 72.9 Å². The lowest BCUT2D eigenvalue weighted by Crippen LogP contribution is -2.39. The van der Waals surface area contributed by atoms with E-state index in [-0.39, 0.29) is 11.9 Å². The molecule has 4 N–H and O–H groups in total. The molecule has 0 spiro atoms. The Kier molecular flexibility index (Phi) is 18.0. The molecule has 0 aliphatic carbocycles. The molecule has 2 aromatic carbocycles. The summed E-state index contributed by atoms with van der Waals surface area (Å²) in [5, 5.41) is 10.6. The first-order valence-corrected chi connectivity index (χ1v) is 12.0. The molecule has 1 unspecified atom stereocenters. The number of benzene rings is 2. The van der Waals surface area contributed by atoms with Gasteiger partial charge >= 0.3 is 0 Å². The van der Waals surface area contributed by atoms with Crippen molar-refractivity contribution in [2.24, 2.45) is 5.73 Å². The first-order valence-electron chi connectivity index (χ1n) is 12.0. The smallest absolute Gasteiger partial charge is 0.223 e. The number of carbonyl (C=O) groups excluding carboxylic acids is 1. The number of unbranched alkanes of at least 4 members (excludes halogenated alkanes) is 1. The predicted octanol–water partition coefficient (Wildman–Crippen LogP) is 5.76. The molecule has 0 aromatic heterocycles. The van der Waals surface area contributed by atoms with E-state index in [0.29, 0.717) is 13.0 Å². The number of nitrogens with one attached hydrogen (secondary N) is 2. The van der Waals surface area contributed by atoms with Crippen LogP contribution in [0.3, 0.4) is 0 Å². The van der Waals surface area contributed by atoms with Crippen LogP contribution in [-0.2, 0) is 11.3 Å². The summed E-state index contributed by atoms with van der Waals surface area (Å²) in [5.74, 6) is 0.257. The van der Waals surface area contributed by atoms with Crippen LogP contribution in [0.2, 0.25) is 0 Å². The molecule has 1 atom stereocenters. The maximum absolute atomic E-state index is 12.3. The number of nitrogens with two attached hydrogens (primary N) is 1. The van der Waals surface area contributed by atoms with Gasteiger partial charge in [-0.2, -0.15) is 0 Å². The topological polar surface area (TPSA) is 82.2 Å². The quantitative estimate of drug-likeness (QED) is 0.446. The minimum Gasteiger partial charge on any atom is -0.383 e. The molecule has 5 nitrogen and oxygen atoms in total. The van der Waals surface area contributed by atoms with Gasteiger partial charge in [0.15, 0.2) is 0 Å². The normalized spacial score (nSPS) is 13.7. The van der Waals surface area contributed by atoms with Crippen molar-refractivity contribution in [1.29, 1.82) is 5.41 Å². The summed E-state index contributed by atoms with van der Waals surface area (Å²) in [7, 11) is 1.50. The van der Waals surface area contributed by atoms with Crippen molar-refractivity contribution < 1.29 is 4.79 Å². The zero-order chi connectivity index (χ0) is 24.9. The number of hydrogen-bond donors (Lipinski definition) is 3. The van der Waals surface area contributed by atoms with Gasteiger partial charge in [-0.3, -0.25) is 4.79 Å². The fourth-order valence-corrected chi connectivity index (χ4v) is 3.35. The van der Waals surface area contributed by atoms with Gasteiger partial charge < -0.3 is 21.4 Å². The average molecular weight is 453 g/mol. The third-order valence-corrected chi connectivity index (χ3v) is 5.05. The van der Waals surface area contributed by atoms with E-state index in [1.165, 1.54) is 13.3 Å². The first-order chi connectivity index (χ1) is 16.2. The summed E-state index contributed by atoms with van der Waals surface area (Å²) in [6.45, 7) is 11.8. The van der Waals surface area contributed by atoms with Crippen LogP contribution >= 0.6 is 0 Å². The number of rotatable bonds is 8. The molecule has 1 saturated heterocycles. The van der Waals surface area contributed by atoms with Crippen molar-refractivity contribution in [3.05, 3.63) is 84.1 Å². The molecule has 1 aliphatic heterocycles. The van der Waals surface area contributed by atoms with Gasteiger partial charge in [0.05, 0.1) is 6.04 Å². The summed E-state index contributed by atoms with van der Waals surface area (Å²) in [4.78, 5) is 14.3. The van der Waals surface area contributed by atoms with Gasteiger partial charge in [-0.05, 0) is 37.4 Å². The molecule has 0 bridgehead atoms. The van der Waals surface area contributed by atoms with Crippen molar-refractivity contribution in [3.63, 3.8) is 0 Å². The van der Waals surface area contributed by atoms with E-state index < -0.39 is 0 Å². The van der Waals surface area contributed by atoms with Crippen molar-refractivity contribution in [3.8, 4) is 0 Å². The van der Waals surface area contributed by atoms with E-state index in [2.05, 4.69) is 24.6 Å². The fourth-order valence-electron chi connectivity index (χ4n) is 3.35. The van der Waals surface area contributed by atoms with E-state index in [9.17, 15) is 4.79 Å². The van der Waals surface area contributed by atoms with Crippen LogP contribution in [0.25, 0.3) is 0 Å². The number of nitrogens with zero attached hydrogens (tertiary/aromatic N) is 1. The third kappa shape index (κ3) is 12.0. The van der Waals surface area contributed by atoms with Gasteiger partial charge in [-0.1, -0.05) is 94.4 Å². The Morgan fingerprint density at radius 3 is 2.15 bits per heavy atom. The van der Waals surface area contributed by atoms with Gasteiger partial charge in [-0.25, -0.2) is 0 Å². The number of hydrogen-bond acceptors (Lipinski definition) is 4. The maximum atomic E-state index is 12.3. The highest BCUT2D eigenvalue weighted by atomic mass is 16.2. The standard InChI is InChI=1S/C19H27N3O.C6H6.C2H6.CH5N/c1-3-4-7-19(23)22-12-5-6-18(22)15(2)21-14-17-10-8-16(13-20)9-11-17;1-2-4-6-5-3-1;2*1-2/h8-11,13,18,20-21H,2-7,12,14H2,1H3;1-6H;1-2H3;2H2,1H3. The van der Waals surface area contributed by atoms with E-state index in [1.807, 2.05) is 79.4 Å². The van der Waals surface area contributed by atoms with E-state index in [4.69, 9.17) is 5.41 Å². The second-order valence-electron chi connectivity index (χ2n) is 7.27. The minimum absolute atomic E-state index is 0.125. The fraction of sp³-hybridized carbons (Fsp3) is 0.429. The number of amides is 1. The molecule has 1 fully saturated rings. The summed E-state index contributed by atoms with van der Waals surface area (Å²) in [5.41, 5.74) is 7.48. The molecule has 33 heavy (non-hydrogen) atoms. The third-order valence-electron chi connectivity index (χ3n) is 5.05. The van der Waals surface area contributed by atoms with Crippen LogP contribution in [0.4, 0.5) is 0 Å². The second kappa shape index (κ2) is 19.7. The molecule has 2 aromatic rings. The minimum atomic E-state index is 0.125. The van der Waals surface area contributed by atoms with Gasteiger partial charge in [0, 0.05) is 31.4 Å². The summed E-state index contributed by atoms with van der Waals surface area (Å²) in [6, 6.07) is 20.0. The Balaban J connectivity index is 0.000000860. The number of carbonyl (C=O) groups is 1. The van der Waals surface area contributed by atoms with Crippen LogP contribution in [0.5, 0.6) is 0 Å². The lowest BCUT2D eigenvalue weighted by molar-refractivity contribution is -0.131. The lowest BCUT2D eigenvalue weighted by Gasteiger charge is -2.27. The largest absolute Gasteiger partial charge is 0.383 e. The van der Waals surface area contributed by atoms with Crippen molar-refractivity contribution in [2.45, 2.75) is 65.5 Å². The maximum Gasteiger partial charge on any atom is 0.223 e. The molecule has 0 radical (unpaired) electrons. The van der Waals surface area contributed by atoms with Crippen LogP contribution in [0.1, 0.15) is 64.0 Å². The Labute approximate surface area is 201 Å². The van der Waals surface area contributed by atoms with Crippen molar-refractivity contribution >= 4 is 12.1 Å². The first kappa shape index (κ1) is 30.1. The highest BCUT2D eigenvalue weighted by molar-refractivity contribution is 5.77. The van der Waals surface area contributed by atoms with E-state index in [0.717, 1.165) is 49.1 Å². The summed E-state index contributed by atoms with van der Waals surface area (Å²) < 4.78 is 0. The van der Waals surface area contributed by atoms with Crippen LogP contribution in [-0.4, -0.2) is 36.7 Å². The van der Waals surface area contributed by atoms with E-state index in [1.54, 1.807) is 0 Å². The van der Waals surface area contributed by atoms with Crippen LogP contribution in [0, 0.1) is 5.41 Å².